The smallest absolute Gasteiger partial charge is 0.308 e. The molecule has 3 fully saturated rings. The van der Waals surface area contributed by atoms with Gasteiger partial charge in [0, 0.05) is 6.04 Å². The van der Waals surface area contributed by atoms with E-state index in [2.05, 4.69) is 17.0 Å². The van der Waals surface area contributed by atoms with Gasteiger partial charge in [0.1, 0.15) is 0 Å². The summed E-state index contributed by atoms with van der Waals surface area (Å²) in [6, 6.07) is 10.5. The van der Waals surface area contributed by atoms with Gasteiger partial charge in [0.2, 0.25) is 0 Å². The van der Waals surface area contributed by atoms with Crippen molar-refractivity contribution in [3.8, 4) is 0 Å². The predicted molar refractivity (Wildman–Crippen MR) is 69.4 cm³/mol. The van der Waals surface area contributed by atoms with Crippen molar-refractivity contribution in [2.75, 3.05) is 13.1 Å². The molecular formula is C15H19NO2. The Bertz CT molecular complexity index is 423. The number of nitrogens with zero attached hydrogens (tertiary/aromatic N) is 1. The second-order valence-electron chi connectivity index (χ2n) is 5.49. The predicted octanol–water partition coefficient (Wildman–Crippen LogP) is 2.02. The van der Waals surface area contributed by atoms with Crippen LogP contribution < -0.4 is 0 Å². The Morgan fingerprint density at radius 2 is 1.89 bits per heavy atom. The fourth-order valence-corrected chi connectivity index (χ4v) is 3.63. The van der Waals surface area contributed by atoms with Crippen LogP contribution in [0.2, 0.25) is 0 Å². The molecule has 0 spiro atoms. The molecule has 0 aromatic heterocycles. The summed E-state index contributed by atoms with van der Waals surface area (Å²) in [5.74, 6) is -0.390. The number of carboxylic acid groups (broad SMARTS) is 1. The number of piperidine rings is 3. The standard InChI is InChI=1S/C15H19NO2/c17-15(18)14-12-6-8-16(9-7-12)13(14)10-11-4-2-1-3-5-11/h1-5,12-14H,6-10H2,(H,17,18). The van der Waals surface area contributed by atoms with Crippen molar-refractivity contribution in [1.29, 1.82) is 0 Å². The van der Waals surface area contributed by atoms with Crippen LogP contribution >= 0.6 is 0 Å². The summed E-state index contributed by atoms with van der Waals surface area (Å²) < 4.78 is 0. The lowest BCUT2D eigenvalue weighted by Gasteiger charge is -2.49. The second-order valence-corrected chi connectivity index (χ2v) is 5.49. The Morgan fingerprint density at radius 1 is 1.22 bits per heavy atom. The van der Waals surface area contributed by atoms with E-state index in [-0.39, 0.29) is 12.0 Å². The maximum absolute atomic E-state index is 11.5. The summed E-state index contributed by atoms with van der Waals surface area (Å²) in [7, 11) is 0. The van der Waals surface area contributed by atoms with Crippen molar-refractivity contribution in [2.45, 2.75) is 25.3 Å². The molecule has 3 aliphatic heterocycles. The van der Waals surface area contributed by atoms with Crippen molar-refractivity contribution in [3.63, 3.8) is 0 Å². The minimum absolute atomic E-state index is 0.173. The van der Waals surface area contributed by atoms with E-state index in [9.17, 15) is 9.90 Å². The zero-order valence-corrected chi connectivity index (χ0v) is 10.5. The summed E-state index contributed by atoms with van der Waals surface area (Å²) in [5.41, 5.74) is 1.25. The van der Waals surface area contributed by atoms with Crippen LogP contribution in [0.4, 0.5) is 0 Å². The molecule has 0 saturated carbocycles. The quantitative estimate of drug-likeness (QED) is 0.885. The van der Waals surface area contributed by atoms with Gasteiger partial charge >= 0.3 is 5.97 Å². The molecule has 1 aromatic carbocycles. The van der Waals surface area contributed by atoms with Gasteiger partial charge in [-0.3, -0.25) is 9.69 Å². The van der Waals surface area contributed by atoms with E-state index >= 15 is 0 Å². The van der Waals surface area contributed by atoms with Crippen LogP contribution in [-0.2, 0) is 11.2 Å². The SMILES string of the molecule is O=C(O)C1C2CCN(CC2)C1Cc1ccccc1. The van der Waals surface area contributed by atoms with Crippen molar-refractivity contribution >= 4 is 5.97 Å². The maximum Gasteiger partial charge on any atom is 0.308 e. The second kappa shape index (κ2) is 4.73. The number of benzene rings is 1. The molecule has 1 N–H and O–H groups in total. The normalized spacial score (nSPS) is 34.4. The van der Waals surface area contributed by atoms with E-state index < -0.39 is 5.97 Å². The molecule has 3 heterocycles. The molecule has 1 aromatic rings. The van der Waals surface area contributed by atoms with Gasteiger partial charge < -0.3 is 5.11 Å². The van der Waals surface area contributed by atoms with Crippen LogP contribution in [0.5, 0.6) is 0 Å². The molecule has 2 unspecified atom stereocenters. The van der Waals surface area contributed by atoms with Crippen molar-refractivity contribution in [1.82, 2.24) is 4.90 Å². The molecule has 3 heteroatoms. The Hall–Kier alpha value is -1.35. The van der Waals surface area contributed by atoms with Gasteiger partial charge in [-0.15, -0.1) is 0 Å². The summed E-state index contributed by atoms with van der Waals surface area (Å²) >= 11 is 0. The molecule has 2 bridgehead atoms. The lowest BCUT2D eigenvalue weighted by Crippen LogP contribution is -2.57. The Kier molecular flexibility index (Phi) is 3.08. The molecule has 2 atom stereocenters. The van der Waals surface area contributed by atoms with E-state index in [4.69, 9.17) is 0 Å². The Balaban J connectivity index is 1.82. The maximum atomic E-state index is 11.5. The van der Waals surface area contributed by atoms with E-state index in [1.54, 1.807) is 0 Å². The zero-order valence-electron chi connectivity index (χ0n) is 10.5. The highest BCUT2D eigenvalue weighted by Crippen LogP contribution is 2.38. The van der Waals surface area contributed by atoms with Crippen molar-refractivity contribution in [3.05, 3.63) is 35.9 Å². The number of hydrogen-bond donors (Lipinski definition) is 1. The largest absolute Gasteiger partial charge is 0.481 e. The van der Waals surface area contributed by atoms with Gasteiger partial charge in [0.15, 0.2) is 0 Å². The van der Waals surface area contributed by atoms with Gasteiger partial charge in [0.25, 0.3) is 0 Å². The Morgan fingerprint density at radius 3 is 2.50 bits per heavy atom. The number of carbonyl (C=O) groups is 1. The molecule has 3 nitrogen and oxygen atoms in total. The summed E-state index contributed by atoms with van der Waals surface area (Å²) in [4.78, 5) is 13.9. The van der Waals surface area contributed by atoms with Crippen LogP contribution in [-0.4, -0.2) is 35.1 Å². The number of carboxylic acids is 1. The fraction of sp³-hybridized carbons (Fsp3) is 0.533. The molecule has 3 saturated heterocycles. The molecule has 4 rings (SSSR count). The minimum Gasteiger partial charge on any atom is -0.481 e. The van der Waals surface area contributed by atoms with Crippen LogP contribution in [0.3, 0.4) is 0 Å². The van der Waals surface area contributed by atoms with Gasteiger partial charge in [-0.2, -0.15) is 0 Å². The summed E-state index contributed by atoms with van der Waals surface area (Å²) in [6.45, 7) is 2.15. The highest BCUT2D eigenvalue weighted by Gasteiger charge is 2.45. The molecule has 0 amide bonds. The average Bonchev–Trinajstić information content (AvgIpc) is 2.40. The third-order valence-corrected chi connectivity index (χ3v) is 4.54. The minimum atomic E-state index is -0.606. The lowest BCUT2D eigenvalue weighted by atomic mass is 9.72. The van der Waals surface area contributed by atoms with E-state index in [0.717, 1.165) is 32.4 Å². The van der Waals surface area contributed by atoms with Gasteiger partial charge in [-0.25, -0.2) is 0 Å². The lowest BCUT2D eigenvalue weighted by molar-refractivity contribution is -0.152. The third-order valence-electron chi connectivity index (χ3n) is 4.54. The van der Waals surface area contributed by atoms with Crippen molar-refractivity contribution in [2.24, 2.45) is 11.8 Å². The number of fused-ring (bicyclic) bond motifs is 3. The van der Waals surface area contributed by atoms with E-state index in [1.165, 1.54) is 5.56 Å². The first kappa shape index (κ1) is 11.7. The molecular weight excluding hydrogens is 226 g/mol. The van der Waals surface area contributed by atoms with Crippen LogP contribution in [0.1, 0.15) is 18.4 Å². The first-order valence-corrected chi connectivity index (χ1v) is 6.76. The molecule has 3 aliphatic rings. The van der Waals surface area contributed by atoms with Gasteiger partial charge in [-0.1, -0.05) is 30.3 Å². The molecule has 18 heavy (non-hydrogen) atoms. The zero-order chi connectivity index (χ0) is 12.5. The molecule has 96 valence electrons. The van der Waals surface area contributed by atoms with Gasteiger partial charge in [0.05, 0.1) is 5.92 Å². The highest BCUT2D eigenvalue weighted by atomic mass is 16.4. The molecule has 0 aliphatic carbocycles. The fourth-order valence-electron chi connectivity index (χ4n) is 3.63. The highest BCUT2D eigenvalue weighted by molar-refractivity contribution is 5.71. The first-order valence-electron chi connectivity index (χ1n) is 6.76. The number of hydrogen-bond acceptors (Lipinski definition) is 2. The molecule has 0 radical (unpaired) electrons. The van der Waals surface area contributed by atoms with Crippen molar-refractivity contribution < 1.29 is 9.90 Å². The van der Waals surface area contributed by atoms with Crippen LogP contribution in [0.15, 0.2) is 30.3 Å². The van der Waals surface area contributed by atoms with E-state index in [0.29, 0.717) is 5.92 Å². The average molecular weight is 245 g/mol. The number of aliphatic carboxylic acids is 1. The summed E-state index contributed by atoms with van der Waals surface area (Å²) in [6.07, 6.45) is 2.98. The van der Waals surface area contributed by atoms with E-state index in [1.807, 2.05) is 18.2 Å². The van der Waals surface area contributed by atoms with Gasteiger partial charge in [-0.05, 0) is 43.8 Å². The first-order chi connectivity index (χ1) is 8.75. The third kappa shape index (κ3) is 2.03. The monoisotopic (exact) mass is 245 g/mol. The number of rotatable bonds is 3. The van der Waals surface area contributed by atoms with Crippen LogP contribution in [0.25, 0.3) is 0 Å². The van der Waals surface area contributed by atoms with Crippen LogP contribution in [0, 0.1) is 11.8 Å². The Labute approximate surface area is 107 Å². The topological polar surface area (TPSA) is 40.5 Å². The summed E-state index contributed by atoms with van der Waals surface area (Å²) in [5, 5.41) is 9.48.